The van der Waals surface area contributed by atoms with Crippen molar-refractivity contribution in [3.63, 3.8) is 0 Å². The van der Waals surface area contributed by atoms with Crippen molar-refractivity contribution in [3.8, 4) is 10.0 Å². The average Bonchev–Trinajstić information content (AvgIpc) is 3.35. The second-order valence-electron chi connectivity index (χ2n) is 5.40. The van der Waals surface area contributed by atoms with Crippen LogP contribution in [-0.4, -0.2) is 17.5 Å². The first kappa shape index (κ1) is 18.5. The first-order valence-corrected chi connectivity index (χ1v) is 10.8. The van der Waals surface area contributed by atoms with Gasteiger partial charge in [0, 0.05) is 0 Å². The highest BCUT2D eigenvalue weighted by Crippen LogP contribution is 2.14. The summed E-state index contributed by atoms with van der Waals surface area (Å²) in [6.45, 7) is 1.82. The fourth-order valence-electron chi connectivity index (χ4n) is 2.15. The monoisotopic (exact) mass is 404 g/mol. The van der Waals surface area contributed by atoms with Crippen LogP contribution in [0, 0.1) is 6.92 Å². The van der Waals surface area contributed by atoms with Crippen molar-refractivity contribution < 1.29 is 17.5 Å². The van der Waals surface area contributed by atoms with E-state index in [4.69, 9.17) is 0 Å². The Labute approximate surface area is 160 Å². The molecule has 134 valence electrons. The number of rotatable bonds is 3. The molecule has 0 aliphatic carbocycles. The topological polar surface area (TPSA) is 66.0 Å². The van der Waals surface area contributed by atoms with Crippen LogP contribution in [0.1, 0.15) is 5.56 Å². The second kappa shape index (κ2) is 7.96. The SMILES string of the molecule is Cc1ccc(S(=O)(=O)[O-])cc1.c1csc(-n2cc[n+](-c3cccs3)c2)c1. The zero-order valence-electron chi connectivity index (χ0n) is 13.8. The predicted octanol–water partition coefficient (Wildman–Crippen LogP) is 3.78. The second-order valence-corrected chi connectivity index (χ2v) is 8.63. The highest BCUT2D eigenvalue weighted by atomic mass is 32.2. The van der Waals surface area contributed by atoms with Gasteiger partial charge in [-0.15, -0.1) is 22.7 Å². The molecule has 0 bridgehead atoms. The summed E-state index contributed by atoms with van der Waals surface area (Å²) in [6.07, 6.45) is 6.24. The summed E-state index contributed by atoms with van der Waals surface area (Å²) >= 11 is 3.48. The normalized spacial score (nSPS) is 11.0. The Bertz CT molecular complexity index is 1000. The highest BCUT2D eigenvalue weighted by Gasteiger charge is 2.09. The third-order valence-corrected chi connectivity index (χ3v) is 6.08. The maximum Gasteiger partial charge on any atom is 0.255 e. The molecule has 4 rings (SSSR count). The van der Waals surface area contributed by atoms with E-state index in [1.54, 1.807) is 34.8 Å². The molecule has 0 radical (unpaired) electrons. The molecule has 0 atom stereocenters. The van der Waals surface area contributed by atoms with E-state index in [2.05, 4.69) is 62.9 Å². The summed E-state index contributed by atoms with van der Waals surface area (Å²) < 4.78 is 35.4. The number of hydrogen-bond donors (Lipinski definition) is 0. The van der Waals surface area contributed by atoms with Crippen LogP contribution in [0.3, 0.4) is 0 Å². The summed E-state index contributed by atoms with van der Waals surface area (Å²) in [5.74, 6) is 0. The van der Waals surface area contributed by atoms with Crippen molar-refractivity contribution in [2.45, 2.75) is 11.8 Å². The molecule has 0 saturated carbocycles. The van der Waals surface area contributed by atoms with E-state index < -0.39 is 10.1 Å². The first-order valence-electron chi connectivity index (χ1n) is 7.63. The molecule has 8 heteroatoms. The maximum absolute atomic E-state index is 10.4. The quantitative estimate of drug-likeness (QED) is 0.386. The minimum atomic E-state index is -4.27. The fourth-order valence-corrected chi connectivity index (χ4v) is 3.99. The van der Waals surface area contributed by atoms with Gasteiger partial charge in [-0.05, 0) is 54.1 Å². The summed E-state index contributed by atoms with van der Waals surface area (Å²) in [5.41, 5.74) is 0.928. The molecule has 0 fully saturated rings. The van der Waals surface area contributed by atoms with Crippen LogP contribution in [0.15, 0.2) is 82.9 Å². The predicted molar refractivity (Wildman–Crippen MR) is 102 cm³/mol. The Kier molecular flexibility index (Phi) is 5.67. The summed E-state index contributed by atoms with van der Waals surface area (Å²) in [4.78, 5) is -0.178. The molecule has 0 amide bonds. The summed E-state index contributed by atoms with van der Waals surface area (Å²) in [7, 11) is -4.27. The van der Waals surface area contributed by atoms with Gasteiger partial charge in [-0.1, -0.05) is 17.7 Å². The van der Waals surface area contributed by atoms with Crippen molar-refractivity contribution in [2.75, 3.05) is 0 Å². The van der Waals surface area contributed by atoms with E-state index >= 15 is 0 Å². The number of aryl methyl sites for hydroxylation is 1. The van der Waals surface area contributed by atoms with Gasteiger partial charge in [0.25, 0.3) is 6.33 Å². The van der Waals surface area contributed by atoms with E-state index in [1.807, 2.05) is 6.92 Å². The van der Waals surface area contributed by atoms with Crippen LogP contribution in [0.5, 0.6) is 0 Å². The summed E-state index contributed by atoms with van der Waals surface area (Å²) in [6, 6.07) is 14.1. The molecule has 3 heterocycles. The zero-order chi connectivity index (χ0) is 18.6. The number of nitrogens with zero attached hydrogens (tertiary/aromatic N) is 2. The third-order valence-electron chi connectivity index (χ3n) is 3.47. The molecule has 1 aromatic carbocycles. The van der Waals surface area contributed by atoms with Crippen LogP contribution in [-0.2, 0) is 10.1 Å². The van der Waals surface area contributed by atoms with Gasteiger partial charge < -0.3 is 4.55 Å². The molecule has 4 aromatic rings. The molecular weight excluding hydrogens is 388 g/mol. The minimum absolute atomic E-state index is 0.178. The van der Waals surface area contributed by atoms with Crippen molar-refractivity contribution in [1.82, 2.24) is 4.57 Å². The Morgan fingerprint density at radius 3 is 2.27 bits per heavy atom. The maximum atomic E-state index is 10.4. The highest BCUT2D eigenvalue weighted by molar-refractivity contribution is 7.85. The van der Waals surface area contributed by atoms with Gasteiger partial charge in [-0.25, -0.2) is 8.42 Å². The lowest BCUT2D eigenvalue weighted by atomic mass is 10.2. The van der Waals surface area contributed by atoms with Gasteiger partial charge in [0.15, 0.2) is 10.0 Å². The van der Waals surface area contributed by atoms with Crippen LogP contribution >= 0.6 is 22.7 Å². The molecule has 0 unspecified atom stereocenters. The van der Waals surface area contributed by atoms with Gasteiger partial charge in [-0.3, -0.25) is 0 Å². The third kappa shape index (κ3) is 4.67. The van der Waals surface area contributed by atoms with E-state index in [-0.39, 0.29) is 4.90 Å². The number of thiophene rings is 2. The van der Waals surface area contributed by atoms with Crippen molar-refractivity contribution in [3.05, 3.63) is 83.6 Å². The number of benzene rings is 1. The largest absolute Gasteiger partial charge is 0.744 e. The van der Waals surface area contributed by atoms with E-state index in [0.717, 1.165) is 5.56 Å². The lowest BCUT2D eigenvalue weighted by Gasteiger charge is -2.05. The molecule has 0 N–H and O–H groups in total. The van der Waals surface area contributed by atoms with Crippen molar-refractivity contribution in [1.29, 1.82) is 0 Å². The van der Waals surface area contributed by atoms with Gasteiger partial charge in [0.2, 0.25) is 0 Å². The van der Waals surface area contributed by atoms with E-state index in [0.29, 0.717) is 0 Å². The Hall–Kier alpha value is -2.26. The van der Waals surface area contributed by atoms with Gasteiger partial charge >= 0.3 is 0 Å². The van der Waals surface area contributed by atoms with Crippen LogP contribution in [0.25, 0.3) is 10.0 Å². The molecular formula is C18H16N2O3S3. The summed E-state index contributed by atoms with van der Waals surface area (Å²) in [5, 5.41) is 6.66. The van der Waals surface area contributed by atoms with Crippen molar-refractivity contribution in [2.24, 2.45) is 0 Å². The van der Waals surface area contributed by atoms with Gasteiger partial charge in [0.05, 0.1) is 4.90 Å². The van der Waals surface area contributed by atoms with E-state index in [1.165, 1.54) is 22.1 Å². The molecule has 0 spiro atoms. The number of hydrogen-bond acceptors (Lipinski definition) is 5. The Morgan fingerprint density at radius 1 is 1.00 bits per heavy atom. The average molecular weight is 405 g/mol. The standard InChI is InChI=1S/C11H9N2S2.C7H8O3S/c1-3-10(14-7-1)12-5-6-13(9-12)11-4-2-8-15-11;1-6-2-4-7(5-3-6)11(8,9)10/h1-9H;2-5H,1H3,(H,8,9,10)/q+1;/p-1. The smallest absolute Gasteiger partial charge is 0.255 e. The zero-order valence-corrected chi connectivity index (χ0v) is 16.3. The van der Waals surface area contributed by atoms with Gasteiger partial charge in [-0.2, -0.15) is 9.13 Å². The number of imidazole rings is 1. The van der Waals surface area contributed by atoms with Crippen LogP contribution < -0.4 is 4.57 Å². The first-order chi connectivity index (χ1) is 12.4. The molecule has 0 aliphatic rings. The molecule has 3 aromatic heterocycles. The van der Waals surface area contributed by atoms with Crippen LogP contribution in [0.4, 0.5) is 0 Å². The van der Waals surface area contributed by atoms with Gasteiger partial charge in [0.1, 0.15) is 22.5 Å². The van der Waals surface area contributed by atoms with Crippen LogP contribution in [0.2, 0.25) is 0 Å². The fraction of sp³-hybridized carbons (Fsp3) is 0.0556. The van der Waals surface area contributed by atoms with E-state index in [9.17, 15) is 13.0 Å². The molecule has 26 heavy (non-hydrogen) atoms. The lowest BCUT2D eigenvalue weighted by Crippen LogP contribution is -2.25. The van der Waals surface area contributed by atoms with Crippen molar-refractivity contribution >= 4 is 32.8 Å². The Balaban J connectivity index is 0.000000160. The minimum Gasteiger partial charge on any atom is -0.744 e. The molecule has 0 saturated heterocycles. The molecule has 5 nitrogen and oxygen atoms in total. The molecule has 0 aliphatic heterocycles. The lowest BCUT2D eigenvalue weighted by molar-refractivity contribution is -0.590. The Morgan fingerprint density at radius 2 is 1.69 bits per heavy atom. The number of aromatic nitrogens is 2.